The van der Waals surface area contributed by atoms with Gasteiger partial charge in [0.05, 0.1) is 39.8 Å². The van der Waals surface area contributed by atoms with Gasteiger partial charge >= 0.3 is 0 Å². The standard InChI is InChI=1S/C30H22N8O/c1-18(36-28-24-13-20(14-31)11-12-25(24)34-17-35-28)29-37-26-10-6-9-23(21-15-32-19(2)33-16-21)27(26)30(39)38(29)22-7-4-3-5-8-22/h3-13,15-18H,1-2H3,(H,34,35,36)/t18-/m0/s1. The molecule has 0 radical (unpaired) electrons. The van der Waals surface area contributed by atoms with Crippen LogP contribution in [-0.4, -0.2) is 29.5 Å². The SMILES string of the molecule is Cc1ncc(-c2cccc3nc([C@H](C)Nc4ncnc5ccc(C#N)cc45)n(-c4ccccc4)c(=O)c23)cn1. The Bertz CT molecular complexity index is 1940. The van der Waals surface area contributed by atoms with Gasteiger partial charge in [0.1, 0.15) is 23.8 Å². The Morgan fingerprint density at radius 1 is 0.923 bits per heavy atom. The van der Waals surface area contributed by atoms with E-state index in [1.165, 1.54) is 6.33 Å². The third-order valence-electron chi connectivity index (χ3n) is 6.53. The van der Waals surface area contributed by atoms with Gasteiger partial charge < -0.3 is 5.32 Å². The van der Waals surface area contributed by atoms with Gasteiger partial charge in [0.25, 0.3) is 5.56 Å². The van der Waals surface area contributed by atoms with E-state index in [1.54, 1.807) is 35.2 Å². The molecule has 6 aromatic rings. The van der Waals surface area contributed by atoms with E-state index in [-0.39, 0.29) is 5.56 Å². The number of aromatic nitrogens is 6. The normalized spacial score (nSPS) is 11.8. The summed E-state index contributed by atoms with van der Waals surface area (Å²) in [6.07, 6.45) is 4.91. The van der Waals surface area contributed by atoms with E-state index in [2.05, 4.69) is 31.3 Å². The van der Waals surface area contributed by atoms with Crippen molar-refractivity contribution < 1.29 is 0 Å². The second-order valence-electron chi connectivity index (χ2n) is 9.10. The van der Waals surface area contributed by atoms with Crippen LogP contribution in [0.3, 0.4) is 0 Å². The third-order valence-corrected chi connectivity index (χ3v) is 6.53. The molecule has 1 atom stereocenters. The van der Waals surface area contributed by atoms with Gasteiger partial charge in [-0.25, -0.2) is 24.9 Å². The number of para-hydroxylation sites is 1. The lowest BCUT2D eigenvalue weighted by Crippen LogP contribution is -2.27. The molecule has 0 saturated carbocycles. The Morgan fingerprint density at radius 3 is 2.49 bits per heavy atom. The van der Waals surface area contributed by atoms with Crippen LogP contribution < -0.4 is 10.9 Å². The fraction of sp³-hybridized carbons (Fsp3) is 0.100. The van der Waals surface area contributed by atoms with Gasteiger partial charge in [-0.3, -0.25) is 9.36 Å². The first-order valence-corrected chi connectivity index (χ1v) is 12.3. The molecular weight excluding hydrogens is 488 g/mol. The number of hydrogen-bond acceptors (Lipinski definition) is 8. The molecule has 3 aromatic heterocycles. The van der Waals surface area contributed by atoms with Crippen LogP contribution in [0.2, 0.25) is 0 Å². The van der Waals surface area contributed by atoms with Crippen LogP contribution in [-0.2, 0) is 0 Å². The van der Waals surface area contributed by atoms with Crippen molar-refractivity contribution in [2.45, 2.75) is 19.9 Å². The minimum Gasteiger partial charge on any atom is -0.360 e. The lowest BCUT2D eigenvalue weighted by molar-refractivity contribution is 0.732. The number of anilines is 1. The van der Waals surface area contributed by atoms with Crippen LogP contribution in [0.4, 0.5) is 5.82 Å². The fourth-order valence-electron chi connectivity index (χ4n) is 4.65. The summed E-state index contributed by atoms with van der Waals surface area (Å²) in [5, 5.41) is 14.0. The van der Waals surface area contributed by atoms with Gasteiger partial charge in [-0.1, -0.05) is 30.3 Å². The predicted molar refractivity (Wildman–Crippen MR) is 149 cm³/mol. The van der Waals surface area contributed by atoms with Crippen molar-refractivity contribution in [1.82, 2.24) is 29.5 Å². The van der Waals surface area contributed by atoms with E-state index in [4.69, 9.17) is 4.98 Å². The fourth-order valence-corrected chi connectivity index (χ4v) is 4.65. The molecule has 0 aliphatic rings. The second-order valence-corrected chi connectivity index (χ2v) is 9.10. The molecule has 6 rings (SSSR count). The molecule has 3 heterocycles. The van der Waals surface area contributed by atoms with E-state index in [0.29, 0.717) is 56.1 Å². The molecule has 3 aromatic carbocycles. The molecule has 0 bridgehead atoms. The van der Waals surface area contributed by atoms with Gasteiger partial charge in [-0.05, 0) is 55.8 Å². The molecule has 0 saturated heterocycles. The first-order chi connectivity index (χ1) is 19.0. The maximum absolute atomic E-state index is 14.3. The molecular formula is C30H22N8O. The zero-order valence-electron chi connectivity index (χ0n) is 21.2. The smallest absolute Gasteiger partial charge is 0.266 e. The number of hydrogen-bond donors (Lipinski definition) is 1. The summed E-state index contributed by atoms with van der Waals surface area (Å²) >= 11 is 0. The minimum absolute atomic E-state index is 0.203. The Labute approximate surface area is 223 Å². The Balaban J connectivity index is 1.55. The number of rotatable bonds is 5. The molecule has 39 heavy (non-hydrogen) atoms. The van der Waals surface area contributed by atoms with Crippen LogP contribution in [0.5, 0.6) is 0 Å². The number of nitrogens with zero attached hydrogens (tertiary/aromatic N) is 7. The van der Waals surface area contributed by atoms with Crippen LogP contribution in [0, 0.1) is 18.3 Å². The van der Waals surface area contributed by atoms with Crippen LogP contribution in [0.1, 0.15) is 30.2 Å². The van der Waals surface area contributed by atoms with E-state index in [9.17, 15) is 10.1 Å². The molecule has 0 unspecified atom stereocenters. The Hall–Kier alpha value is -5.49. The number of aryl methyl sites for hydroxylation is 1. The predicted octanol–water partition coefficient (Wildman–Crippen LogP) is 5.14. The molecule has 1 N–H and O–H groups in total. The maximum Gasteiger partial charge on any atom is 0.266 e. The molecule has 0 amide bonds. The topological polar surface area (TPSA) is 122 Å². The lowest BCUT2D eigenvalue weighted by Gasteiger charge is -2.21. The Kier molecular flexibility index (Phi) is 5.98. The minimum atomic E-state index is -0.433. The zero-order chi connectivity index (χ0) is 26.9. The molecule has 0 aliphatic heterocycles. The molecule has 0 fully saturated rings. The highest BCUT2D eigenvalue weighted by molar-refractivity contribution is 5.94. The summed E-state index contributed by atoms with van der Waals surface area (Å²) in [7, 11) is 0. The van der Waals surface area contributed by atoms with E-state index in [0.717, 1.165) is 5.56 Å². The summed E-state index contributed by atoms with van der Waals surface area (Å²) in [5.74, 6) is 1.71. The van der Waals surface area contributed by atoms with Crippen molar-refractivity contribution in [2.75, 3.05) is 5.32 Å². The van der Waals surface area contributed by atoms with Gasteiger partial charge in [0, 0.05) is 23.3 Å². The highest BCUT2D eigenvalue weighted by atomic mass is 16.1. The lowest BCUT2D eigenvalue weighted by atomic mass is 10.0. The molecule has 9 heteroatoms. The molecule has 0 spiro atoms. The third kappa shape index (κ3) is 4.34. The average molecular weight is 511 g/mol. The van der Waals surface area contributed by atoms with Crippen LogP contribution in [0.25, 0.3) is 38.6 Å². The van der Waals surface area contributed by atoms with Gasteiger partial charge in [0.2, 0.25) is 0 Å². The van der Waals surface area contributed by atoms with E-state index < -0.39 is 6.04 Å². The number of nitriles is 1. The molecule has 9 nitrogen and oxygen atoms in total. The number of fused-ring (bicyclic) bond motifs is 2. The van der Waals surface area contributed by atoms with Crippen molar-refractivity contribution in [1.29, 1.82) is 5.26 Å². The first-order valence-electron chi connectivity index (χ1n) is 12.3. The zero-order valence-corrected chi connectivity index (χ0v) is 21.2. The summed E-state index contributed by atoms with van der Waals surface area (Å²) in [4.78, 5) is 36.6. The molecule has 0 aliphatic carbocycles. The van der Waals surface area contributed by atoms with Crippen molar-refractivity contribution in [3.63, 3.8) is 0 Å². The van der Waals surface area contributed by atoms with Crippen molar-refractivity contribution in [3.05, 3.63) is 113 Å². The number of nitrogens with one attached hydrogen (secondary N) is 1. The quantitative estimate of drug-likeness (QED) is 0.338. The highest BCUT2D eigenvalue weighted by Gasteiger charge is 2.21. The summed E-state index contributed by atoms with van der Waals surface area (Å²) < 4.78 is 1.63. The van der Waals surface area contributed by atoms with Crippen molar-refractivity contribution >= 4 is 27.6 Å². The number of benzene rings is 3. The second kappa shape index (κ2) is 9.76. The average Bonchev–Trinajstić information content (AvgIpc) is 2.97. The Morgan fingerprint density at radius 2 is 1.72 bits per heavy atom. The summed E-state index contributed by atoms with van der Waals surface area (Å²) in [6.45, 7) is 3.74. The molecule has 188 valence electrons. The maximum atomic E-state index is 14.3. The van der Waals surface area contributed by atoms with Gasteiger partial charge in [-0.2, -0.15) is 5.26 Å². The first kappa shape index (κ1) is 23.9. The van der Waals surface area contributed by atoms with E-state index in [1.807, 2.05) is 62.4 Å². The van der Waals surface area contributed by atoms with Gasteiger partial charge in [-0.15, -0.1) is 0 Å². The van der Waals surface area contributed by atoms with Crippen molar-refractivity contribution in [2.24, 2.45) is 0 Å². The monoisotopic (exact) mass is 510 g/mol. The van der Waals surface area contributed by atoms with Crippen LogP contribution in [0.15, 0.2) is 90.2 Å². The van der Waals surface area contributed by atoms with E-state index >= 15 is 0 Å². The summed E-state index contributed by atoms with van der Waals surface area (Å²) in [5.41, 5.74) is 3.71. The van der Waals surface area contributed by atoms with Gasteiger partial charge in [0.15, 0.2) is 0 Å². The largest absolute Gasteiger partial charge is 0.360 e. The summed E-state index contributed by atoms with van der Waals surface area (Å²) in [6, 6.07) is 22.0. The highest BCUT2D eigenvalue weighted by Crippen LogP contribution is 2.29. The van der Waals surface area contributed by atoms with Crippen molar-refractivity contribution in [3.8, 4) is 22.9 Å². The van der Waals surface area contributed by atoms with Crippen LogP contribution >= 0.6 is 0 Å².